The monoisotopic (exact) mass is 103 g/mol. The van der Waals surface area contributed by atoms with Crippen LogP contribution in [-0.2, 0) is 4.84 Å². The van der Waals surface area contributed by atoms with Gasteiger partial charge in [0.15, 0.2) is 5.34 Å². The molecule has 0 aromatic heterocycles. The normalized spacial score (nSPS) is 10.7. The molecule has 0 aliphatic carbocycles. The molecular formula is C2H5N3O2. The molecule has 0 aliphatic heterocycles. The molecule has 0 aromatic rings. The molecular weight excluding hydrogens is 98.0 g/mol. The van der Waals surface area contributed by atoms with Crippen LogP contribution < -0.4 is 5.73 Å². The van der Waals surface area contributed by atoms with Gasteiger partial charge in [0.05, 0.1) is 0 Å². The first-order valence-corrected chi connectivity index (χ1v) is 1.53. The molecule has 2 N–H and O–H groups in total. The average Bonchev–Trinajstić information content (AvgIpc) is 1.68. The lowest BCUT2D eigenvalue weighted by Crippen LogP contribution is -2.11. The SMILES string of the molecule is CN=C(N)ON=O. The van der Waals surface area contributed by atoms with Crippen LogP contribution in [0, 0.1) is 4.91 Å². The van der Waals surface area contributed by atoms with Gasteiger partial charge in [-0.3, -0.25) is 4.84 Å². The highest BCUT2D eigenvalue weighted by Crippen LogP contribution is 1.69. The van der Waals surface area contributed by atoms with Gasteiger partial charge in [-0.15, -0.1) is 4.91 Å². The zero-order valence-corrected chi connectivity index (χ0v) is 3.79. The standard InChI is InChI=1S/C2H5N3O2/c1-4-2(3)7-5-6/h1H3,(H2,3,4). The second-order valence-electron chi connectivity index (χ2n) is 0.728. The largest absolute Gasteiger partial charge is 0.352 e. The summed E-state index contributed by atoms with van der Waals surface area (Å²) in [4.78, 5) is 16.2. The Morgan fingerprint density at radius 3 is 2.57 bits per heavy atom. The van der Waals surface area contributed by atoms with E-state index in [2.05, 4.69) is 9.83 Å². The van der Waals surface area contributed by atoms with E-state index in [4.69, 9.17) is 10.6 Å². The summed E-state index contributed by atoms with van der Waals surface area (Å²) >= 11 is 0. The van der Waals surface area contributed by atoms with Crippen molar-refractivity contribution in [2.75, 3.05) is 7.05 Å². The zero-order valence-electron chi connectivity index (χ0n) is 3.79. The predicted octanol–water partition coefficient (Wildman–Crippen LogP) is -0.371. The minimum atomic E-state index is -0.227. The van der Waals surface area contributed by atoms with Gasteiger partial charge in [-0.05, 0) is 0 Å². The summed E-state index contributed by atoms with van der Waals surface area (Å²) in [6.45, 7) is 0. The quantitative estimate of drug-likeness (QED) is 0.213. The van der Waals surface area contributed by atoms with Crippen LogP contribution in [0.15, 0.2) is 10.3 Å². The van der Waals surface area contributed by atoms with Crippen molar-refractivity contribution in [1.29, 1.82) is 0 Å². The fourth-order valence-corrected chi connectivity index (χ4v) is 0.0790. The van der Waals surface area contributed by atoms with Gasteiger partial charge in [0.25, 0.3) is 0 Å². The topological polar surface area (TPSA) is 77.0 Å². The Morgan fingerprint density at radius 1 is 1.86 bits per heavy atom. The van der Waals surface area contributed by atoms with Crippen LogP contribution in [0.3, 0.4) is 0 Å². The fourth-order valence-electron chi connectivity index (χ4n) is 0.0790. The first-order chi connectivity index (χ1) is 3.31. The van der Waals surface area contributed by atoms with Crippen LogP contribution in [0.2, 0.25) is 0 Å². The second kappa shape index (κ2) is 3.08. The van der Waals surface area contributed by atoms with Gasteiger partial charge in [0, 0.05) is 7.05 Å². The van der Waals surface area contributed by atoms with E-state index >= 15 is 0 Å². The summed E-state index contributed by atoms with van der Waals surface area (Å²) < 4.78 is 0. The summed E-state index contributed by atoms with van der Waals surface area (Å²) in [5.74, 6) is 0. The van der Waals surface area contributed by atoms with Crippen molar-refractivity contribution in [3.8, 4) is 0 Å². The van der Waals surface area contributed by atoms with Gasteiger partial charge in [0.1, 0.15) is 0 Å². The molecule has 0 aliphatic rings. The third-order valence-electron chi connectivity index (χ3n) is 0.351. The number of rotatable bonds is 1. The number of amidine groups is 1. The maximum absolute atomic E-state index is 9.14. The molecule has 0 spiro atoms. The molecule has 0 aromatic carbocycles. The van der Waals surface area contributed by atoms with Crippen molar-refractivity contribution < 1.29 is 4.84 Å². The van der Waals surface area contributed by atoms with Crippen molar-refractivity contribution in [1.82, 2.24) is 0 Å². The molecule has 0 rings (SSSR count). The highest BCUT2D eigenvalue weighted by atomic mass is 16.7. The molecule has 0 saturated carbocycles. The lowest BCUT2D eigenvalue weighted by atomic mass is 11.1. The van der Waals surface area contributed by atoms with Gasteiger partial charge < -0.3 is 5.73 Å². The summed E-state index contributed by atoms with van der Waals surface area (Å²) in [6, 6.07) is -0.227. The zero-order chi connectivity index (χ0) is 5.70. The minimum absolute atomic E-state index is 0.227. The van der Waals surface area contributed by atoms with Crippen molar-refractivity contribution in [3.63, 3.8) is 0 Å². The van der Waals surface area contributed by atoms with Crippen LogP contribution in [0.25, 0.3) is 0 Å². The Hall–Kier alpha value is -1.13. The number of hydrogen-bond donors (Lipinski definition) is 1. The number of hydrogen-bond acceptors (Lipinski definition) is 4. The van der Waals surface area contributed by atoms with Crippen molar-refractivity contribution in [2.45, 2.75) is 0 Å². The highest BCUT2D eigenvalue weighted by molar-refractivity contribution is 5.70. The Morgan fingerprint density at radius 2 is 2.43 bits per heavy atom. The summed E-state index contributed by atoms with van der Waals surface area (Å²) in [6.07, 6.45) is 0. The van der Waals surface area contributed by atoms with E-state index in [1.54, 1.807) is 0 Å². The lowest BCUT2D eigenvalue weighted by Gasteiger charge is -1.84. The molecule has 7 heavy (non-hydrogen) atoms. The molecule has 0 bridgehead atoms. The van der Waals surface area contributed by atoms with Crippen LogP contribution in [-0.4, -0.2) is 13.1 Å². The first-order valence-electron chi connectivity index (χ1n) is 1.53. The molecule has 0 saturated heterocycles. The molecule has 0 unspecified atom stereocenters. The number of nitrogens with zero attached hydrogens (tertiary/aromatic N) is 2. The van der Waals surface area contributed by atoms with Crippen LogP contribution in [0.1, 0.15) is 0 Å². The molecule has 40 valence electrons. The Kier molecular flexibility index (Phi) is 2.58. The predicted molar refractivity (Wildman–Crippen MR) is 24.4 cm³/mol. The van der Waals surface area contributed by atoms with Gasteiger partial charge in [-0.1, -0.05) is 0 Å². The van der Waals surface area contributed by atoms with Gasteiger partial charge in [0.2, 0.25) is 0 Å². The highest BCUT2D eigenvalue weighted by Gasteiger charge is 1.83. The van der Waals surface area contributed by atoms with E-state index in [9.17, 15) is 0 Å². The van der Waals surface area contributed by atoms with Crippen LogP contribution >= 0.6 is 0 Å². The number of aliphatic imine (C=N–C) groups is 1. The summed E-state index contributed by atoms with van der Waals surface area (Å²) in [7, 11) is 1.39. The van der Waals surface area contributed by atoms with E-state index in [-0.39, 0.29) is 6.02 Å². The molecule has 5 heteroatoms. The summed E-state index contributed by atoms with van der Waals surface area (Å²) in [5.41, 5.74) is 4.82. The third-order valence-corrected chi connectivity index (χ3v) is 0.351. The Bertz CT molecular complexity index is 88.9. The maximum Gasteiger partial charge on any atom is 0.315 e. The molecule has 0 radical (unpaired) electrons. The van der Waals surface area contributed by atoms with Crippen molar-refractivity contribution >= 4 is 6.02 Å². The lowest BCUT2D eigenvalue weighted by molar-refractivity contribution is 0.315. The van der Waals surface area contributed by atoms with E-state index < -0.39 is 0 Å². The van der Waals surface area contributed by atoms with Crippen molar-refractivity contribution in [2.24, 2.45) is 16.1 Å². The molecule has 0 atom stereocenters. The van der Waals surface area contributed by atoms with Crippen LogP contribution in [0.4, 0.5) is 0 Å². The molecule has 0 fully saturated rings. The Balaban J connectivity index is 3.36. The van der Waals surface area contributed by atoms with Crippen molar-refractivity contribution in [3.05, 3.63) is 4.91 Å². The van der Waals surface area contributed by atoms with Crippen LogP contribution in [0.5, 0.6) is 0 Å². The van der Waals surface area contributed by atoms with Gasteiger partial charge in [-0.25, -0.2) is 4.99 Å². The molecule has 5 nitrogen and oxygen atoms in total. The minimum Gasteiger partial charge on any atom is -0.352 e. The average molecular weight is 103 g/mol. The second-order valence-corrected chi connectivity index (χ2v) is 0.728. The van der Waals surface area contributed by atoms with E-state index in [1.165, 1.54) is 7.05 Å². The van der Waals surface area contributed by atoms with Gasteiger partial charge >= 0.3 is 6.02 Å². The number of nitrogens with two attached hydrogens (primary N) is 1. The maximum atomic E-state index is 9.14. The van der Waals surface area contributed by atoms with E-state index in [0.717, 1.165) is 0 Å². The Labute approximate surface area is 40.1 Å². The van der Waals surface area contributed by atoms with E-state index in [0.29, 0.717) is 0 Å². The molecule has 0 heterocycles. The fraction of sp³-hybridized carbons (Fsp3) is 0.500. The smallest absolute Gasteiger partial charge is 0.315 e. The summed E-state index contributed by atoms with van der Waals surface area (Å²) in [5, 5.41) is 2.00. The third kappa shape index (κ3) is 2.68. The molecule has 0 amide bonds. The van der Waals surface area contributed by atoms with E-state index in [1.807, 2.05) is 5.34 Å². The van der Waals surface area contributed by atoms with Gasteiger partial charge in [-0.2, -0.15) is 0 Å². The first kappa shape index (κ1) is 5.87.